The van der Waals surface area contributed by atoms with E-state index >= 15 is 0 Å². The molecule has 2 aliphatic rings. The van der Waals surface area contributed by atoms with Crippen LogP contribution >= 0.6 is 11.8 Å². The third kappa shape index (κ3) is 4.38. The summed E-state index contributed by atoms with van der Waals surface area (Å²) in [4.78, 5) is 2.60. The molecule has 0 radical (unpaired) electrons. The van der Waals surface area contributed by atoms with Crippen LogP contribution in [-0.4, -0.2) is 46.2 Å². The fourth-order valence-electron chi connectivity index (χ4n) is 4.00. The van der Waals surface area contributed by atoms with Gasteiger partial charge in [0, 0.05) is 30.1 Å². The summed E-state index contributed by atoms with van der Waals surface area (Å²) in [6, 6.07) is 0. The van der Waals surface area contributed by atoms with Crippen molar-refractivity contribution in [3.8, 4) is 0 Å². The largest absolute Gasteiger partial charge is 0.393 e. The molecule has 0 aromatic heterocycles. The first kappa shape index (κ1) is 16.6. The van der Waals surface area contributed by atoms with Crippen LogP contribution < -0.4 is 0 Å². The second-order valence-corrected chi connectivity index (χ2v) is 10.1. The first-order chi connectivity index (χ1) is 9.25. The van der Waals surface area contributed by atoms with Gasteiger partial charge in [-0.25, -0.2) is 0 Å². The Labute approximate surface area is 129 Å². The molecule has 1 heterocycles. The van der Waals surface area contributed by atoms with Crippen molar-refractivity contribution in [2.45, 2.75) is 70.5 Å². The normalized spacial score (nSPS) is 40.8. The van der Waals surface area contributed by atoms with Crippen LogP contribution in [0.2, 0.25) is 0 Å². The van der Waals surface area contributed by atoms with Gasteiger partial charge in [-0.3, -0.25) is 0 Å². The maximum Gasteiger partial charge on any atom is 0.0580 e. The van der Waals surface area contributed by atoms with Gasteiger partial charge in [0.05, 0.1) is 6.10 Å². The molecule has 0 bridgehead atoms. The maximum absolute atomic E-state index is 10.4. The third-order valence-corrected chi connectivity index (χ3v) is 6.38. The van der Waals surface area contributed by atoms with E-state index in [2.05, 4.69) is 51.3 Å². The van der Waals surface area contributed by atoms with Crippen molar-refractivity contribution in [2.24, 2.45) is 17.3 Å². The first-order valence-electron chi connectivity index (χ1n) is 8.31. The van der Waals surface area contributed by atoms with Gasteiger partial charge in [-0.1, -0.05) is 34.6 Å². The van der Waals surface area contributed by atoms with E-state index in [1.807, 2.05) is 0 Å². The molecule has 5 atom stereocenters. The van der Waals surface area contributed by atoms with Crippen LogP contribution in [0.1, 0.15) is 53.9 Å². The molecule has 1 saturated heterocycles. The van der Waals surface area contributed by atoms with Crippen molar-refractivity contribution in [3.63, 3.8) is 0 Å². The smallest absolute Gasteiger partial charge is 0.0580 e. The molecule has 20 heavy (non-hydrogen) atoms. The zero-order valence-corrected chi connectivity index (χ0v) is 14.7. The van der Waals surface area contributed by atoms with E-state index in [1.165, 1.54) is 25.9 Å². The molecular formula is C17H33NOS. The van der Waals surface area contributed by atoms with Crippen molar-refractivity contribution < 1.29 is 5.11 Å². The van der Waals surface area contributed by atoms with Crippen molar-refractivity contribution >= 4 is 11.8 Å². The van der Waals surface area contributed by atoms with Gasteiger partial charge in [-0.05, 0) is 36.5 Å². The van der Waals surface area contributed by atoms with Gasteiger partial charge in [-0.2, -0.15) is 11.8 Å². The number of hydrogen-bond donors (Lipinski definition) is 1. The van der Waals surface area contributed by atoms with Crippen LogP contribution in [0.3, 0.4) is 0 Å². The van der Waals surface area contributed by atoms with Gasteiger partial charge in [0.2, 0.25) is 0 Å². The van der Waals surface area contributed by atoms with Crippen LogP contribution in [0.4, 0.5) is 0 Å². The van der Waals surface area contributed by atoms with E-state index in [9.17, 15) is 5.11 Å². The molecule has 118 valence electrons. The molecule has 5 unspecified atom stereocenters. The topological polar surface area (TPSA) is 23.5 Å². The zero-order valence-electron chi connectivity index (χ0n) is 13.9. The van der Waals surface area contributed by atoms with Gasteiger partial charge in [0.25, 0.3) is 0 Å². The minimum absolute atomic E-state index is 0.0752. The molecule has 0 aromatic carbocycles. The van der Waals surface area contributed by atoms with Gasteiger partial charge < -0.3 is 10.0 Å². The summed E-state index contributed by atoms with van der Waals surface area (Å²) < 4.78 is 0. The number of aliphatic hydroxyl groups is 1. The lowest BCUT2D eigenvalue weighted by atomic mass is 9.68. The van der Waals surface area contributed by atoms with E-state index in [1.54, 1.807) is 0 Å². The SMILES string of the molecule is CC1CN(CC2CC(C(C)(C)C)CCC2O)CC(C)S1. The highest BCUT2D eigenvalue weighted by molar-refractivity contribution is 8.00. The number of hydrogen-bond acceptors (Lipinski definition) is 3. The summed E-state index contributed by atoms with van der Waals surface area (Å²) in [5, 5.41) is 11.9. The van der Waals surface area contributed by atoms with Crippen LogP contribution in [0.5, 0.6) is 0 Å². The van der Waals surface area contributed by atoms with E-state index in [0.717, 1.165) is 29.4 Å². The Bertz CT molecular complexity index is 305. The molecular weight excluding hydrogens is 266 g/mol. The summed E-state index contributed by atoms with van der Waals surface area (Å²) in [5.74, 6) is 1.25. The van der Waals surface area contributed by atoms with Crippen LogP contribution in [0.15, 0.2) is 0 Å². The molecule has 0 amide bonds. The minimum atomic E-state index is -0.0752. The average Bonchev–Trinajstić information content (AvgIpc) is 2.29. The summed E-state index contributed by atoms with van der Waals surface area (Å²) in [6.45, 7) is 15.2. The first-order valence-corrected chi connectivity index (χ1v) is 9.26. The lowest BCUT2D eigenvalue weighted by Gasteiger charge is -2.43. The fraction of sp³-hybridized carbons (Fsp3) is 1.00. The summed E-state index contributed by atoms with van der Waals surface area (Å²) in [7, 11) is 0. The van der Waals surface area contributed by atoms with Gasteiger partial charge in [0.1, 0.15) is 0 Å². The second kappa shape index (κ2) is 6.58. The predicted octanol–water partition coefficient (Wildman–Crippen LogP) is 3.64. The molecule has 3 heteroatoms. The van der Waals surface area contributed by atoms with Crippen molar-refractivity contribution in [1.29, 1.82) is 0 Å². The predicted molar refractivity (Wildman–Crippen MR) is 89.2 cm³/mol. The number of rotatable bonds is 2. The quantitative estimate of drug-likeness (QED) is 0.842. The highest BCUT2D eigenvalue weighted by Crippen LogP contribution is 2.41. The Morgan fingerprint density at radius 1 is 1.10 bits per heavy atom. The average molecular weight is 300 g/mol. The number of thioether (sulfide) groups is 1. The summed E-state index contributed by atoms with van der Waals surface area (Å²) in [5.41, 5.74) is 0.386. The lowest BCUT2D eigenvalue weighted by molar-refractivity contribution is 0.00307. The van der Waals surface area contributed by atoms with E-state index in [4.69, 9.17) is 0 Å². The third-order valence-electron chi connectivity index (χ3n) is 5.15. The molecule has 0 aromatic rings. The van der Waals surface area contributed by atoms with Gasteiger partial charge >= 0.3 is 0 Å². The molecule has 1 N–H and O–H groups in total. The molecule has 1 aliphatic carbocycles. The van der Waals surface area contributed by atoms with E-state index < -0.39 is 0 Å². The van der Waals surface area contributed by atoms with Crippen LogP contribution in [0.25, 0.3) is 0 Å². The molecule has 1 saturated carbocycles. The maximum atomic E-state index is 10.4. The fourth-order valence-corrected chi connectivity index (χ4v) is 5.38. The number of nitrogens with zero attached hydrogens (tertiary/aromatic N) is 1. The van der Waals surface area contributed by atoms with Crippen LogP contribution in [-0.2, 0) is 0 Å². The zero-order chi connectivity index (χ0) is 14.9. The standard InChI is InChI=1S/C17H33NOS/c1-12-9-18(10-13(2)20-12)11-14-8-15(17(3,4)5)6-7-16(14)19/h12-16,19H,6-11H2,1-5H3. The molecule has 2 rings (SSSR count). The highest BCUT2D eigenvalue weighted by Gasteiger charge is 2.36. The Balaban J connectivity index is 1.93. The van der Waals surface area contributed by atoms with Crippen molar-refractivity contribution in [1.82, 2.24) is 4.90 Å². The van der Waals surface area contributed by atoms with Crippen molar-refractivity contribution in [3.05, 3.63) is 0 Å². The Morgan fingerprint density at radius 3 is 2.25 bits per heavy atom. The molecule has 0 spiro atoms. The van der Waals surface area contributed by atoms with E-state index in [0.29, 0.717) is 11.3 Å². The van der Waals surface area contributed by atoms with E-state index in [-0.39, 0.29) is 6.10 Å². The Kier molecular flexibility index (Phi) is 5.47. The minimum Gasteiger partial charge on any atom is -0.393 e. The molecule has 1 aliphatic heterocycles. The van der Waals surface area contributed by atoms with Gasteiger partial charge in [0.15, 0.2) is 0 Å². The monoisotopic (exact) mass is 299 g/mol. The summed E-state index contributed by atoms with van der Waals surface area (Å²) >= 11 is 2.11. The van der Waals surface area contributed by atoms with Crippen LogP contribution in [0, 0.1) is 17.3 Å². The van der Waals surface area contributed by atoms with Crippen molar-refractivity contribution in [2.75, 3.05) is 19.6 Å². The second-order valence-electron chi connectivity index (χ2n) is 8.18. The number of aliphatic hydroxyl groups excluding tert-OH is 1. The Morgan fingerprint density at radius 2 is 1.70 bits per heavy atom. The van der Waals surface area contributed by atoms with Gasteiger partial charge in [-0.15, -0.1) is 0 Å². The molecule has 2 fully saturated rings. The highest BCUT2D eigenvalue weighted by atomic mass is 32.2. The Hall–Kier alpha value is 0.270. The lowest BCUT2D eigenvalue weighted by Crippen LogP contribution is -2.46. The summed E-state index contributed by atoms with van der Waals surface area (Å²) in [6.07, 6.45) is 3.33. The molecule has 2 nitrogen and oxygen atoms in total.